The maximum atomic E-state index is 12.8. The van der Waals surface area contributed by atoms with Crippen LogP contribution in [-0.2, 0) is 4.79 Å². The molecular weight excluding hydrogens is 268 g/mol. The van der Waals surface area contributed by atoms with Crippen molar-refractivity contribution < 1.29 is 4.79 Å². The van der Waals surface area contributed by atoms with E-state index < -0.39 is 5.54 Å². The van der Waals surface area contributed by atoms with E-state index >= 15 is 0 Å². The Balaban J connectivity index is 2.11. The van der Waals surface area contributed by atoms with Gasteiger partial charge in [-0.05, 0) is 25.7 Å². The molecule has 3 nitrogen and oxygen atoms in total. The summed E-state index contributed by atoms with van der Waals surface area (Å²) in [5.41, 5.74) is 5.36. The van der Waals surface area contributed by atoms with Crippen molar-refractivity contribution in [1.29, 1.82) is 0 Å². The Morgan fingerprint density at radius 2 is 1.40 bits per heavy atom. The lowest BCUT2D eigenvalue weighted by atomic mass is 9.74. The molecule has 4 heteroatoms. The van der Waals surface area contributed by atoms with Crippen molar-refractivity contribution in [2.24, 2.45) is 11.1 Å². The zero-order valence-corrected chi connectivity index (χ0v) is 13.5. The van der Waals surface area contributed by atoms with Gasteiger partial charge in [-0.3, -0.25) is 4.79 Å². The van der Waals surface area contributed by atoms with E-state index in [1.807, 2.05) is 0 Å². The van der Waals surface area contributed by atoms with Gasteiger partial charge in [0, 0.05) is 5.41 Å². The van der Waals surface area contributed by atoms with Crippen LogP contribution in [0, 0.1) is 5.41 Å². The van der Waals surface area contributed by atoms with Gasteiger partial charge in [-0.15, -0.1) is 0 Å². The molecule has 2 fully saturated rings. The summed E-state index contributed by atoms with van der Waals surface area (Å²) in [6.45, 7) is 2.10. The third kappa shape index (κ3) is 3.33. The van der Waals surface area contributed by atoms with E-state index in [1.165, 1.54) is 19.3 Å². The van der Waals surface area contributed by atoms with Crippen LogP contribution in [0.4, 0.5) is 0 Å². The van der Waals surface area contributed by atoms with Gasteiger partial charge in [0.1, 0.15) is 0 Å². The number of amides is 1. The van der Waals surface area contributed by atoms with Crippen molar-refractivity contribution in [2.75, 3.05) is 0 Å². The second kappa shape index (κ2) is 6.42. The van der Waals surface area contributed by atoms with E-state index in [1.54, 1.807) is 0 Å². The molecule has 0 aromatic carbocycles. The lowest BCUT2D eigenvalue weighted by Crippen LogP contribution is -2.59. The Labute approximate surface area is 128 Å². The molecule has 0 aliphatic heterocycles. The Morgan fingerprint density at radius 3 is 1.90 bits per heavy atom. The molecule has 0 bridgehead atoms. The summed E-state index contributed by atoms with van der Waals surface area (Å²) in [6, 6.07) is 0. The van der Waals surface area contributed by atoms with E-state index in [-0.39, 0.29) is 11.3 Å². The van der Waals surface area contributed by atoms with Crippen LogP contribution in [0.1, 0.15) is 77.6 Å². The lowest BCUT2D eigenvalue weighted by Gasteiger charge is -2.39. The number of rotatable bonds is 3. The van der Waals surface area contributed by atoms with Crippen molar-refractivity contribution in [3.05, 3.63) is 0 Å². The van der Waals surface area contributed by atoms with E-state index in [0.29, 0.717) is 4.99 Å². The van der Waals surface area contributed by atoms with Gasteiger partial charge < -0.3 is 11.1 Å². The summed E-state index contributed by atoms with van der Waals surface area (Å²) in [7, 11) is 0. The number of nitrogens with one attached hydrogen (secondary N) is 1. The standard InChI is InChI=1S/C16H28N2OS/c1-15(9-5-4-6-10-15)14(19)18-16(13(17)20)11-7-2-3-8-12-16/h2-12H2,1H3,(H2,17,20)(H,18,19). The van der Waals surface area contributed by atoms with Gasteiger partial charge >= 0.3 is 0 Å². The number of carbonyl (C=O) groups excluding carboxylic acids is 1. The Kier molecular flexibility index (Phi) is 5.05. The van der Waals surface area contributed by atoms with Gasteiger partial charge in [0.15, 0.2) is 0 Å². The lowest BCUT2D eigenvalue weighted by molar-refractivity contribution is -0.133. The van der Waals surface area contributed by atoms with Crippen LogP contribution in [0.3, 0.4) is 0 Å². The minimum atomic E-state index is -0.427. The van der Waals surface area contributed by atoms with Crippen LogP contribution < -0.4 is 11.1 Å². The fraction of sp³-hybridized carbons (Fsp3) is 0.875. The number of hydrogen-bond donors (Lipinski definition) is 2. The molecule has 114 valence electrons. The van der Waals surface area contributed by atoms with Gasteiger partial charge in [-0.25, -0.2) is 0 Å². The molecule has 0 aromatic rings. The van der Waals surface area contributed by atoms with Crippen LogP contribution >= 0.6 is 12.2 Å². The fourth-order valence-corrected chi connectivity index (χ4v) is 3.95. The average Bonchev–Trinajstić information content (AvgIpc) is 2.66. The minimum absolute atomic E-state index is 0.173. The number of thiocarbonyl (C=S) groups is 1. The summed E-state index contributed by atoms with van der Waals surface area (Å²) in [5.74, 6) is 0.173. The summed E-state index contributed by atoms with van der Waals surface area (Å²) in [5, 5.41) is 3.28. The first kappa shape index (κ1) is 15.7. The molecule has 0 spiro atoms. The first-order valence-electron chi connectivity index (χ1n) is 8.11. The molecule has 0 saturated heterocycles. The molecule has 0 unspecified atom stereocenters. The summed E-state index contributed by atoms with van der Waals surface area (Å²) in [4.78, 5) is 13.3. The Bertz CT molecular complexity index is 367. The zero-order chi connectivity index (χ0) is 14.6. The molecule has 2 saturated carbocycles. The molecule has 2 aliphatic rings. The predicted molar refractivity (Wildman–Crippen MR) is 86.6 cm³/mol. The highest BCUT2D eigenvalue weighted by Gasteiger charge is 2.41. The Hall–Kier alpha value is -0.640. The smallest absolute Gasteiger partial charge is 0.226 e. The monoisotopic (exact) mass is 296 g/mol. The molecule has 0 aromatic heterocycles. The van der Waals surface area contributed by atoms with Crippen molar-refractivity contribution in [2.45, 2.75) is 83.1 Å². The fourth-order valence-electron chi connectivity index (χ4n) is 3.69. The first-order chi connectivity index (χ1) is 9.49. The maximum absolute atomic E-state index is 12.8. The summed E-state index contributed by atoms with van der Waals surface area (Å²) >= 11 is 5.31. The first-order valence-corrected chi connectivity index (χ1v) is 8.52. The molecule has 0 heterocycles. The molecule has 20 heavy (non-hydrogen) atoms. The minimum Gasteiger partial charge on any atom is -0.391 e. The molecule has 2 rings (SSSR count). The molecular formula is C16H28N2OS. The largest absolute Gasteiger partial charge is 0.391 e. The van der Waals surface area contributed by atoms with Gasteiger partial charge in [-0.1, -0.05) is 64.1 Å². The maximum Gasteiger partial charge on any atom is 0.226 e. The van der Waals surface area contributed by atoms with Crippen molar-refractivity contribution in [3.8, 4) is 0 Å². The van der Waals surface area contributed by atoms with Crippen LogP contribution in [0.5, 0.6) is 0 Å². The quantitative estimate of drug-likeness (QED) is 0.619. The van der Waals surface area contributed by atoms with Crippen LogP contribution in [0.15, 0.2) is 0 Å². The topological polar surface area (TPSA) is 55.1 Å². The Morgan fingerprint density at radius 1 is 0.950 bits per heavy atom. The highest BCUT2D eigenvalue weighted by atomic mass is 32.1. The van der Waals surface area contributed by atoms with Crippen LogP contribution in [-0.4, -0.2) is 16.4 Å². The summed E-state index contributed by atoms with van der Waals surface area (Å²) in [6.07, 6.45) is 12.0. The van der Waals surface area contributed by atoms with E-state index in [9.17, 15) is 4.79 Å². The number of carbonyl (C=O) groups is 1. The molecule has 1 amide bonds. The average molecular weight is 296 g/mol. The molecule has 3 N–H and O–H groups in total. The SMILES string of the molecule is CC1(C(=O)NC2(C(N)=S)CCCCCC2)CCCCC1. The summed E-state index contributed by atoms with van der Waals surface area (Å²) < 4.78 is 0. The highest BCUT2D eigenvalue weighted by Crippen LogP contribution is 2.37. The van der Waals surface area contributed by atoms with Gasteiger partial charge in [0.05, 0.1) is 10.5 Å². The van der Waals surface area contributed by atoms with E-state index in [0.717, 1.165) is 51.4 Å². The second-order valence-electron chi connectivity index (χ2n) is 6.94. The van der Waals surface area contributed by atoms with Crippen molar-refractivity contribution >= 4 is 23.1 Å². The third-order valence-electron chi connectivity index (χ3n) is 5.29. The number of hydrogen-bond acceptors (Lipinski definition) is 2. The zero-order valence-electron chi connectivity index (χ0n) is 12.7. The van der Waals surface area contributed by atoms with Crippen molar-refractivity contribution in [1.82, 2.24) is 5.32 Å². The van der Waals surface area contributed by atoms with Crippen molar-refractivity contribution in [3.63, 3.8) is 0 Å². The van der Waals surface area contributed by atoms with E-state index in [2.05, 4.69) is 12.2 Å². The molecule has 0 atom stereocenters. The normalized spacial score (nSPS) is 25.4. The molecule has 2 aliphatic carbocycles. The predicted octanol–water partition coefficient (Wildman–Crippen LogP) is 3.45. The van der Waals surface area contributed by atoms with Crippen LogP contribution in [0.25, 0.3) is 0 Å². The van der Waals surface area contributed by atoms with Gasteiger partial charge in [0.2, 0.25) is 5.91 Å². The third-order valence-corrected chi connectivity index (χ3v) is 5.68. The highest BCUT2D eigenvalue weighted by molar-refractivity contribution is 7.80. The second-order valence-corrected chi connectivity index (χ2v) is 7.38. The van der Waals surface area contributed by atoms with E-state index in [4.69, 9.17) is 18.0 Å². The van der Waals surface area contributed by atoms with Gasteiger partial charge in [-0.2, -0.15) is 0 Å². The number of nitrogens with two attached hydrogens (primary N) is 1. The van der Waals surface area contributed by atoms with Crippen LogP contribution in [0.2, 0.25) is 0 Å². The molecule has 0 radical (unpaired) electrons. The van der Waals surface area contributed by atoms with Gasteiger partial charge in [0.25, 0.3) is 0 Å².